The second-order valence-electron chi connectivity index (χ2n) is 6.46. The number of aliphatic imine (C=N–C) groups is 1. The zero-order chi connectivity index (χ0) is 18.1. The molecule has 2 rings (SSSR count). The summed E-state index contributed by atoms with van der Waals surface area (Å²) in [6, 6.07) is 6.05. The van der Waals surface area contributed by atoms with Gasteiger partial charge >= 0.3 is 0 Å². The van der Waals surface area contributed by atoms with Crippen LogP contribution in [0, 0.1) is 0 Å². The molecule has 0 spiro atoms. The third kappa shape index (κ3) is 5.81. The molecule has 0 amide bonds. The minimum Gasteiger partial charge on any atom is -0.497 e. The molecule has 3 N–H and O–H groups in total. The number of nitrogens with zero attached hydrogens (tertiary/aromatic N) is 2. The van der Waals surface area contributed by atoms with Gasteiger partial charge in [-0.15, -0.1) is 0 Å². The number of unbranched alkanes of at least 4 members (excludes halogenated alkanes) is 1. The Morgan fingerprint density at radius 2 is 2.16 bits per heavy atom. The number of rotatable bonds is 8. The number of ether oxygens (including phenoxy) is 2. The van der Waals surface area contributed by atoms with Crippen LogP contribution in [0.25, 0.3) is 0 Å². The summed E-state index contributed by atoms with van der Waals surface area (Å²) in [6.45, 7) is 5.31. The predicted molar refractivity (Wildman–Crippen MR) is 104 cm³/mol. The molecule has 1 saturated heterocycles. The lowest BCUT2D eigenvalue weighted by Gasteiger charge is -2.34. The smallest absolute Gasteiger partial charge is 0.193 e. The number of guanidine groups is 1. The molecule has 0 bridgehead atoms. The van der Waals surface area contributed by atoms with Crippen molar-refractivity contribution >= 4 is 11.6 Å². The molecule has 1 fully saturated rings. The maximum Gasteiger partial charge on any atom is 0.193 e. The van der Waals surface area contributed by atoms with Crippen molar-refractivity contribution in [3.63, 3.8) is 0 Å². The second kappa shape index (κ2) is 10.1. The van der Waals surface area contributed by atoms with E-state index in [0.717, 1.165) is 24.5 Å². The Balaban J connectivity index is 1.98. The highest BCUT2D eigenvalue weighted by atomic mass is 16.5. The van der Waals surface area contributed by atoms with Gasteiger partial charge < -0.3 is 20.5 Å². The summed E-state index contributed by atoms with van der Waals surface area (Å²) in [4.78, 5) is 7.14. The van der Waals surface area contributed by atoms with Crippen LogP contribution in [0.4, 0.5) is 5.69 Å². The van der Waals surface area contributed by atoms with Gasteiger partial charge in [0.15, 0.2) is 5.96 Å². The van der Waals surface area contributed by atoms with Crippen LogP contribution in [-0.4, -0.2) is 50.8 Å². The van der Waals surface area contributed by atoms with Crippen molar-refractivity contribution in [3.8, 4) is 11.5 Å². The average Bonchev–Trinajstić information content (AvgIpc) is 2.65. The van der Waals surface area contributed by atoms with Gasteiger partial charge in [0, 0.05) is 12.1 Å². The Hall–Kier alpha value is -1.95. The van der Waals surface area contributed by atoms with Gasteiger partial charge in [0.2, 0.25) is 0 Å². The molecular weight excluding hydrogens is 316 g/mol. The molecule has 6 nitrogen and oxygen atoms in total. The minimum absolute atomic E-state index is 0.410. The number of hydrogen-bond acceptors (Lipinski definition) is 4. The van der Waals surface area contributed by atoms with Crippen LogP contribution in [0.1, 0.15) is 39.0 Å². The SMILES string of the molecule is CCCCN1CCCCC1CN=C(N)Nc1cc(OC)ccc1OC. The molecule has 0 saturated carbocycles. The Kier molecular flexibility index (Phi) is 7.85. The molecule has 1 aliphatic heterocycles. The summed E-state index contributed by atoms with van der Waals surface area (Å²) in [5.74, 6) is 1.86. The number of benzene rings is 1. The fourth-order valence-electron chi connectivity index (χ4n) is 3.22. The largest absolute Gasteiger partial charge is 0.497 e. The summed E-state index contributed by atoms with van der Waals surface area (Å²) in [7, 11) is 3.27. The molecule has 140 valence electrons. The third-order valence-corrected chi connectivity index (χ3v) is 4.69. The lowest BCUT2D eigenvalue weighted by molar-refractivity contribution is 0.151. The molecule has 0 radical (unpaired) electrons. The summed E-state index contributed by atoms with van der Waals surface area (Å²) in [6.07, 6.45) is 6.24. The molecule has 1 heterocycles. The fraction of sp³-hybridized carbons (Fsp3) is 0.632. The van der Waals surface area contributed by atoms with Crippen molar-refractivity contribution in [2.75, 3.05) is 39.2 Å². The molecule has 0 aromatic heterocycles. The second-order valence-corrected chi connectivity index (χ2v) is 6.46. The van der Waals surface area contributed by atoms with Crippen LogP contribution in [0.5, 0.6) is 11.5 Å². The monoisotopic (exact) mass is 348 g/mol. The molecule has 1 atom stereocenters. The lowest BCUT2D eigenvalue weighted by Crippen LogP contribution is -2.42. The first-order chi connectivity index (χ1) is 12.2. The van der Waals surface area contributed by atoms with Crippen LogP contribution in [0.15, 0.2) is 23.2 Å². The number of anilines is 1. The number of piperidine rings is 1. The van der Waals surface area contributed by atoms with Crippen molar-refractivity contribution in [1.29, 1.82) is 0 Å². The van der Waals surface area contributed by atoms with Gasteiger partial charge in [-0.1, -0.05) is 19.8 Å². The van der Waals surface area contributed by atoms with E-state index in [2.05, 4.69) is 22.1 Å². The average molecular weight is 348 g/mol. The number of methoxy groups -OCH3 is 2. The van der Waals surface area contributed by atoms with Crippen molar-refractivity contribution in [2.45, 2.75) is 45.1 Å². The summed E-state index contributed by atoms with van der Waals surface area (Å²) < 4.78 is 10.6. The van der Waals surface area contributed by atoms with Crippen LogP contribution in [-0.2, 0) is 0 Å². The quantitative estimate of drug-likeness (QED) is 0.558. The molecule has 6 heteroatoms. The van der Waals surface area contributed by atoms with Crippen LogP contribution < -0.4 is 20.5 Å². The van der Waals surface area contributed by atoms with Crippen molar-refractivity contribution < 1.29 is 9.47 Å². The van der Waals surface area contributed by atoms with E-state index < -0.39 is 0 Å². The highest BCUT2D eigenvalue weighted by Gasteiger charge is 2.21. The minimum atomic E-state index is 0.410. The molecule has 1 unspecified atom stereocenters. The fourth-order valence-corrected chi connectivity index (χ4v) is 3.22. The van der Waals surface area contributed by atoms with Crippen LogP contribution >= 0.6 is 0 Å². The van der Waals surface area contributed by atoms with E-state index in [1.807, 2.05) is 18.2 Å². The summed E-state index contributed by atoms with van der Waals surface area (Å²) in [5.41, 5.74) is 6.87. The van der Waals surface area contributed by atoms with Gasteiger partial charge in [0.25, 0.3) is 0 Å². The zero-order valence-electron chi connectivity index (χ0n) is 15.8. The zero-order valence-corrected chi connectivity index (χ0v) is 15.8. The summed E-state index contributed by atoms with van der Waals surface area (Å²) in [5, 5.41) is 3.14. The van der Waals surface area contributed by atoms with E-state index >= 15 is 0 Å². The maximum absolute atomic E-state index is 6.11. The van der Waals surface area contributed by atoms with Crippen LogP contribution in [0.2, 0.25) is 0 Å². The topological polar surface area (TPSA) is 72.1 Å². The van der Waals surface area contributed by atoms with Gasteiger partial charge in [-0.25, -0.2) is 0 Å². The molecular formula is C19H32N4O2. The number of likely N-dealkylation sites (tertiary alicyclic amines) is 1. The van der Waals surface area contributed by atoms with Crippen molar-refractivity contribution in [2.24, 2.45) is 10.7 Å². The van der Waals surface area contributed by atoms with Crippen molar-refractivity contribution in [1.82, 2.24) is 4.90 Å². The molecule has 0 aliphatic carbocycles. The van der Waals surface area contributed by atoms with Gasteiger partial charge in [-0.2, -0.15) is 0 Å². The Bertz CT molecular complexity index is 562. The van der Waals surface area contributed by atoms with E-state index in [9.17, 15) is 0 Å². The number of nitrogens with one attached hydrogen (secondary N) is 1. The standard InChI is InChI=1S/C19H32N4O2/c1-4-5-11-23-12-7-6-8-15(23)14-21-19(20)22-17-13-16(24-2)9-10-18(17)25-3/h9-10,13,15H,4-8,11-12,14H2,1-3H3,(H3,20,21,22). The van der Waals surface area contributed by atoms with Gasteiger partial charge in [-0.05, 0) is 44.5 Å². The summed E-state index contributed by atoms with van der Waals surface area (Å²) >= 11 is 0. The Morgan fingerprint density at radius 3 is 2.88 bits per heavy atom. The van der Waals surface area contributed by atoms with E-state index in [-0.39, 0.29) is 0 Å². The lowest BCUT2D eigenvalue weighted by atomic mass is 10.0. The highest BCUT2D eigenvalue weighted by Crippen LogP contribution is 2.28. The number of hydrogen-bond donors (Lipinski definition) is 2. The van der Waals surface area contributed by atoms with E-state index in [0.29, 0.717) is 17.8 Å². The van der Waals surface area contributed by atoms with E-state index in [1.165, 1.54) is 38.6 Å². The first-order valence-electron chi connectivity index (χ1n) is 9.21. The molecule has 1 aliphatic rings. The van der Waals surface area contributed by atoms with E-state index in [1.54, 1.807) is 14.2 Å². The molecule has 1 aromatic carbocycles. The van der Waals surface area contributed by atoms with Crippen molar-refractivity contribution in [3.05, 3.63) is 18.2 Å². The normalized spacial score (nSPS) is 18.8. The van der Waals surface area contributed by atoms with Gasteiger partial charge in [0.05, 0.1) is 26.5 Å². The molecule has 25 heavy (non-hydrogen) atoms. The highest BCUT2D eigenvalue weighted by molar-refractivity contribution is 5.94. The Morgan fingerprint density at radius 1 is 1.32 bits per heavy atom. The third-order valence-electron chi connectivity index (χ3n) is 4.69. The first-order valence-corrected chi connectivity index (χ1v) is 9.21. The van der Waals surface area contributed by atoms with Gasteiger partial charge in [-0.3, -0.25) is 9.89 Å². The molecule has 1 aromatic rings. The first kappa shape index (κ1) is 19.4. The Labute approximate surface area is 151 Å². The van der Waals surface area contributed by atoms with E-state index in [4.69, 9.17) is 15.2 Å². The van der Waals surface area contributed by atoms with Crippen LogP contribution in [0.3, 0.4) is 0 Å². The maximum atomic E-state index is 6.11. The predicted octanol–water partition coefficient (Wildman–Crippen LogP) is 3.09. The van der Waals surface area contributed by atoms with Gasteiger partial charge in [0.1, 0.15) is 11.5 Å². The number of nitrogens with two attached hydrogens (primary N) is 1.